The minimum Gasteiger partial charge on any atom is -0.497 e. The standard InChI is InChI=1S/C21H32O3/c1-3-4-5-6-7-8-17-9-13-20(14-10-17)24-21(22)18-11-15-19(23-2)16-12-18/h11-12,15-17,20H,3-10,13-14H2,1-2H3. The predicted molar refractivity (Wildman–Crippen MR) is 97.5 cm³/mol. The molecule has 1 aliphatic rings. The van der Waals surface area contributed by atoms with E-state index in [9.17, 15) is 4.79 Å². The summed E-state index contributed by atoms with van der Waals surface area (Å²) in [7, 11) is 1.62. The Bertz CT molecular complexity index is 472. The fourth-order valence-corrected chi connectivity index (χ4v) is 3.52. The lowest BCUT2D eigenvalue weighted by atomic mass is 9.84. The van der Waals surface area contributed by atoms with Gasteiger partial charge in [-0.1, -0.05) is 45.4 Å². The van der Waals surface area contributed by atoms with Gasteiger partial charge in [-0.25, -0.2) is 4.79 Å². The molecule has 1 aromatic carbocycles. The maximum atomic E-state index is 12.2. The number of benzene rings is 1. The number of carbonyl (C=O) groups is 1. The van der Waals surface area contributed by atoms with Crippen molar-refractivity contribution in [3.63, 3.8) is 0 Å². The second-order valence-electron chi connectivity index (χ2n) is 6.98. The number of ether oxygens (including phenoxy) is 2. The van der Waals surface area contributed by atoms with Gasteiger partial charge in [0.15, 0.2) is 0 Å². The first-order chi connectivity index (χ1) is 11.7. The number of hydrogen-bond donors (Lipinski definition) is 0. The van der Waals surface area contributed by atoms with Gasteiger partial charge < -0.3 is 9.47 Å². The molecule has 0 aromatic heterocycles. The Balaban J connectivity index is 1.65. The van der Waals surface area contributed by atoms with Crippen LogP contribution in [0.1, 0.15) is 81.5 Å². The highest BCUT2D eigenvalue weighted by Crippen LogP contribution is 2.30. The lowest BCUT2D eigenvalue weighted by molar-refractivity contribution is 0.0161. The molecule has 0 unspecified atom stereocenters. The highest BCUT2D eigenvalue weighted by molar-refractivity contribution is 5.89. The Hall–Kier alpha value is -1.51. The second kappa shape index (κ2) is 10.4. The van der Waals surface area contributed by atoms with Gasteiger partial charge in [0.1, 0.15) is 11.9 Å². The van der Waals surface area contributed by atoms with Crippen LogP contribution < -0.4 is 4.74 Å². The van der Waals surface area contributed by atoms with E-state index in [1.165, 1.54) is 51.4 Å². The number of hydrogen-bond acceptors (Lipinski definition) is 3. The largest absolute Gasteiger partial charge is 0.497 e. The van der Waals surface area contributed by atoms with Gasteiger partial charge in [-0.3, -0.25) is 0 Å². The first-order valence-electron chi connectivity index (χ1n) is 9.58. The van der Waals surface area contributed by atoms with E-state index in [0.717, 1.165) is 24.5 Å². The van der Waals surface area contributed by atoms with Crippen molar-refractivity contribution in [3.8, 4) is 5.75 Å². The Morgan fingerprint density at radius 3 is 2.29 bits per heavy atom. The number of rotatable bonds is 9. The van der Waals surface area contributed by atoms with Crippen molar-refractivity contribution in [2.75, 3.05) is 7.11 Å². The molecule has 1 aromatic rings. The summed E-state index contributed by atoms with van der Waals surface area (Å²) < 4.78 is 10.8. The number of esters is 1. The Labute approximate surface area is 146 Å². The summed E-state index contributed by atoms with van der Waals surface area (Å²) in [6.45, 7) is 2.26. The van der Waals surface area contributed by atoms with Gasteiger partial charge in [-0.2, -0.15) is 0 Å². The zero-order chi connectivity index (χ0) is 17.2. The average Bonchev–Trinajstić information content (AvgIpc) is 2.63. The summed E-state index contributed by atoms with van der Waals surface area (Å²) in [6.07, 6.45) is 12.7. The molecule has 0 saturated heterocycles. The van der Waals surface area contributed by atoms with Crippen LogP contribution in [0, 0.1) is 5.92 Å². The van der Waals surface area contributed by atoms with Crippen LogP contribution in [0.25, 0.3) is 0 Å². The van der Waals surface area contributed by atoms with E-state index in [0.29, 0.717) is 5.56 Å². The number of unbranched alkanes of at least 4 members (excludes halogenated alkanes) is 4. The minimum atomic E-state index is -0.208. The normalized spacial score (nSPS) is 20.6. The predicted octanol–water partition coefficient (Wildman–Crippen LogP) is 5.77. The van der Waals surface area contributed by atoms with Crippen molar-refractivity contribution in [1.82, 2.24) is 0 Å². The van der Waals surface area contributed by atoms with Crippen LogP contribution in [-0.2, 0) is 4.74 Å². The molecule has 24 heavy (non-hydrogen) atoms. The van der Waals surface area contributed by atoms with Gasteiger partial charge >= 0.3 is 5.97 Å². The van der Waals surface area contributed by atoms with Crippen molar-refractivity contribution in [1.29, 1.82) is 0 Å². The third-order valence-corrected chi connectivity index (χ3v) is 5.11. The van der Waals surface area contributed by atoms with Crippen molar-refractivity contribution < 1.29 is 14.3 Å². The molecule has 0 amide bonds. The van der Waals surface area contributed by atoms with Gasteiger partial charge in [0.2, 0.25) is 0 Å². The first kappa shape index (κ1) is 18.8. The monoisotopic (exact) mass is 332 g/mol. The third-order valence-electron chi connectivity index (χ3n) is 5.11. The second-order valence-corrected chi connectivity index (χ2v) is 6.98. The van der Waals surface area contributed by atoms with Crippen molar-refractivity contribution in [2.45, 2.75) is 77.2 Å². The molecule has 1 fully saturated rings. The first-order valence-corrected chi connectivity index (χ1v) is 9.58. The molecule has 3 nitrogen and oxygen atoms in total. The van der Waals surface area contributed by atoms with Crippen LogP contribution in [0.2, 0.25) is 0 Å². The molecule has 0 atom stereocenters. The summed E-state index contributed by atoms with van der Waals surface area (Å²) in [5.41, 5.74) is 0.605. The Morgan fingerprint density at radius 2 is 1.67 bits per heavy atom. The zero-order valence-corrected chi connectivity index (χ0v) is 15.3. The van der Waals surface area contributed by atoms with Gasteiger partial charge in [-0.15, -0.1) is 0 Å². The van der Waals surface area contributed by atoms with E-state index in [2.05, 4.69) is 6.92 Å². The molecule has 0 bridgehead atoms. The highest BCUT2D eigenvalue weighted by atomic mass is 16.5. The third kappa shape index (κ3) is 6.18. The highest BCUT2D eigenvalue weighted by Gasteiger charge is 2.24. The zero-order valence-electron chi connectivity index (χ0n) is 15.3. The Kier molecular flexibility index (Phi) is 8.14. The molecule has 134 valence electrons. The van der Waals surface area contributed by atoms with Crippen LogP contribution in [-0.4, -0.2) is 19.2 Å². The SMILES string of the molecule is CCCCCCCC1CCC(OC(=O)c2ccc(OC)cc2)CC1. The molecule has 0 aliphatic heterocycles. The molecule has 0 heterocycles. The van der Waals surface area contributed by atoms with Crippen molar-refractivity contribution in [2.24, 2.45) is 5.92 Å². The summed E-state index contributed by atoms with van der Waals surface area (Å²) in [4.78, 5) is 12.2. The van der Waals surface area contributed by atoms with Gasteiger partial charge in [0.05, 0.1) is 12.7 Å². The molecule has 1 saturated carbocycles. The molecule has 0 spiro atoms. The summed E-state index contributed by atoms with van der Waals surface area (Å²) in [6, 6.07) is 7.13. The number of carbonyl (C=O) groups excluding carboxylic acids is 1. The van der Waals surface area contributed by atoms with Crippen LogP contribution in [0.5, 0.6) is 5.75 Å². The van der Waals surface area contributed by atoms with E-state index in [-0.39, 0.29) is 12.1 Å². The van der Waals surface area contributed by atoms with E-state index in [1.54, 1.807) is 31.4 Å². The summed E-state index contributed by atoms with van der Waals surface area (Å²) in [5, 5.41) is 0. The minimum absolute atomic E-state index is 0.0935. The number of methoxy groups -OCH3 is 1. The van der Waals surface area contributed by atoms with Crippen LogP contribution in [0.3, 0.4) is 0 Å². The van der Waals surface area contributed by atoms with Crippen LogP contribution in [0.4, 0.5) is 0 Å². The molecule has 3 heteroatoms. The molecule has 1 aliphatic carbocycles. The summed E-state index contributed by atoms with van der Waals surface area (Å²) in [5.74, 6) is 1.38. The van der Waals surface area contributed by atoms with Crippen molar-refractivity contribution in [3.05, 3.63) is 29.8 Å². The molecule has 2 rings (SSSR count). The molecular formula is C21H32O3. The quantitative estimate of drug-likeness (QED) is 0.425. The average molecular weight is 332 g/mol. The maximum absolute atomic E-state index is 12.2. The van der Waals surface area contributed by atoms with Crippen molar-refractivity contribution >= 4 is 5.97 Å². The van der Waals surface area contributed by atoms with E-state index in [1.807, 2.05) is 0 Å². The smallest absolute Gasteiger partial charge is 0.338 e. The summed E-state index contributed by atoms with van der Waals surface area (Å²) >= 11 is 0. The molecular weight excluding hydrogens is 300 g/mol. The van der Waals surface area contributed by atoms with Gasteiger partial charge in [0, 0.05) is 0 Å². The van der Waals surface area contributed by atoms with E-state index in [4.69, 9.17) is 9.47 Å². The van der Waals surface area contributed by atoms with Gasteiger partial charge in [-0.05, 0) is 55.9 Å². The topological polar surface area (TPSA) is 35.5 Å². The maximum Gasteiger partial charge on any atom is 0.338 e. The fourth-order valence-electron chi connectivity index (χ4n) is 3.52. The fraction of sp³-hybridized carbons (Fsp3) is 0.667. The van der Waals surface area contributed by atoms with E-state index < -0.39 is 0 Å². The molecule has 0 radical (unpaired) electrons. The lowest BCUT2D eigenvalue weighted by Gasteiger charge is -2.28. The van der Waals surface area contributed by atoms with Crippen LogP contribution >= 0.6 is 0 Å². The Morgan fingerprint density at radius 1 is 1.00 bits per heavy atom. The molecule has 0 N–H and O–H groups in total. The van der Waals surface area contributed by atoms with Crippen LogP contribution in [0.15, 0.2) is 24.3 Å². The lowest BCUT2D eigenvalue weighted by Crippen LogP contribution is -2.24. The van der Waals surface area contributed by atoms with Gasteiger partial charge in [0.25, 0.3) is 0 Å². The van der Waals surface area contributed by atoms with E-state index >= 15 is 0 Å².